The van der Waals surface area contributed by atoms with Gasteiger partial charge in [0.1, 0.15) is 5.75 Å². The lowest BCUT2D eigenvalue weighted by molar-refractivity contribution is 0.298. The fourth-order valence-corrected chi connectivity index (χ4v) is 3.55. The van der Waals surface area contributed by atoms with Crippen molar-refractivity contribution in [3.63, 3.8) is 0 Å². The predicted octanol–water partition coefficient (Wildman–Crippen LogP) is 3.33. The van der Waals surface area contributed by atoms with Crippen molar-refractivity contribution in [3.05, 3.63) is 52.2 Å². The lowest BCUT2D eigenvalue weighted by Crippen LogP contribution is -2.42. The number of nitrogens with zero attached hydrogens (tertiary/aromatic N) is 2. The van der Waals surface area contributed by atoms with E-state index in [0.717, 1.165) is 24.8 Å². The van der Waals surface area contributed by atoms with Gasteiger partial charge in [-0.1, -0.05) is 25.1 Å². The Labute approximate surface area is 161 Å². The first-order valence-electron chi connectivity index (χ1n) is 8.83. The van der Waals surface area contributed by atoms with Gasteiger partial charge in [0, 0.05) is 30.9 Å². The van der Waals surface area contributed by atoms with E-state index in [4.69, 9.17) is 4.74 Å². The standard InChI is InChI=1S/C20H30N4OS/c1-15(19-7-6-12-26-19)13-22-20(21-2)23-14-18(24(3)4)16-8-10-17(25-5)11-9-16/h6-12,15,18H,13-14H2,1-5H3,(H2,21,22,23). The van der Waals surface area contributed by atoms with Gasteiger partial charge in [-0.25, -0.2) is 0 Å². The van der Waals surface area contributed by atoms with E-state index in [-0.39, 0.29) is 6.04 Å². The first-order chi connectivity index (χ1) is 12.5. The van der Waals surface area contributed by atoms with Gasteiger partial charge in [0.15, 0.2) is 5.96 Å². The number of methoxy groups -OCH3 is 1. The van der Waals surface area contributed by atoms with E-state index < -0.39 is 0 Å². The zero-order valence-corrected chi connectivity index (χ0v) is 17.1. The highest BCUT2D eigenvalue weighted by molar-refractivity contribution is 7.10. The number of hydrogen-bond acceptors (Lipinski definition) is 4. The van der Waals surface area contributed by atoms with Crippen LogP contribution >= 0.6 is 11.3 Å². The molecule has 1 aromatic heterocycles. The summed E-state index contributed by atoms with van der Waals surface area (Å²) >= 11 is 1.80. The number of rotatable bonds is 8. The molecule has 2 N–H and O–H groups in total. The average Bonchev–Trinajstić information content (AvgIpc) is 3.19. The van der Waals surface area contributed by atoms with Crippen molar-refractivity contribution in [1.29, 1.82) is 0 Å². The van der Waals surface area contributed by atoms with Crippen LogP contribution in [0.3, 0.4) is 0 Å². The number of likely N-dealkylation sites (N-methyl/N-ethyl adjacent to an activating group) is 1. The summed E-state index contributed by atoms with van der Waals surface area (Å²) in [5.41, 5.74) is 1.24. The Morgan fingerprint density at radius 3 is 2.38 bits per heavy atom. The van der Waals surface area contributed by atoms with Crippen LogP contribution in [0.4, 0.5) is 0 Å². The van der Waals surface area contributed by atoms with Gasteiger partial charge in [-0.15, -0.1) is 11.3 Å². The van der Waals surface area contributed by atoms with E-state index in [1.165, 1.54) is 10.4 Å². The molecule has 2 aromatic rings. The number of guanidine groups is 1. The fourth-order valence-electron chi connectivity index (χ4n) is 2.76. The number of hydrogen-bond donors (Lipinski definition) is 2. The maximum atomic E-state index is 5.25. The molecule has 0 aliphatic rings. The fraction of sp³-hybridized carbons (Fsp3) is 0.450. The van der Waals surface area contributed by atoms with Crippen molar-refractivity contribution < 1.29 is 4.74 Å². The molecule has 1 heterocycles. The van der Waals surface area contributed by atoms with E-state index in [2.05, 4.69) is 71.2 Å². The molecule has 142 valence electrons. The van der Waals surface area contributed by atoms with Crippen LogP contribution in [0.2, 0.25) is 0 Å². The highest BCUT2D eigenvalue weighted by Gasteiger charge is 2.15. The van der Waals surface area contributed by atoms with Crippen LogP contribution < -0.4 is 15.4 Å². The van der Waals surface area contributed by atoms with Crippen molar-refractivity contribution in [1.82, 2.24) is 15.5 Å². The zero-order chi connectivity index (χ0) is 18.9. The molecule has 0 fully saturated rings. The van der Waals surface area contributed by atoms with Crippen molar-refractivity contribution in [2.24, 2.45) is 4.99 Å². The van der Waals surface area contributed by atoms with Crippen LogP contribution in [0.5, 0.6) is 5.75 Å². The monoisotopic (exact) mass is 374 g/mol. The van der Waals surface area contributed by atoms with Gasteiger partial charge in [0.05, 0.1) is 13.2 Å². The zero-order valence-electron chi connectivity index (χ0n) is 16.3. The molecule has 0 aliphatic heterocycles. The second-order valence-corrected chi connectivity index (χ2v) is 7.48. The molecule has 0 spiro atoms. The highest BCUT2D eigenvalue weighted by atomic mass is 32.1. The molecule has 2 unspecified atom stereocenters. The number of thiophene rings is 1. The van der Waals surface area contributed by atoms with Crippen LogP contribution in [0.25, 0.3) is 0 Å². The van der Waals surface area contributed by atoms with Gasteiger partial charge in [0.25, 0.3) is 0 Å². The van der Waals surface area contributed by atoms with E-state index >= 15 is 0 Å². The van der Waals surface area contributed by atoms with Crippen molar-refractivity contribution in [2.45, 2.75) is 18.9 Å². The third-order valence-electron chi connectivity index (χ3n) is 4.41. The van der Waals surface area contributed by atoms with E-state index in [9.17, 15) is 0 Å². The summed E-state index contributed by atoms with van der Waals surface area (Å²) in [7, 11) is 7.67. The van der Waals surface area contributed by atoms with Gasteiger partial charge >= 0.3 is 0 Å². The Balaban J connectivity index is 1.91. The number of nitrogens with one attached hydrogen (secondary N) is 2. The predicted molar refractivity (Wildman–Crippen MR) is 112 cm³/mol. The third-order valence-corrected chi connectivity index (χ3v) is 5.52. The molecule has 2 atom stereocenters. The number of benzene rings is 1. The Kier molecular flexibility index (Phi) is 7.94. The number of aliphatic imine (C=N–C) groups is 1. The topological polar surface area (TPSA) is 48.9 Å². The normalized spacial score (nSPS) is 14.2. The Bertz CT molecular complexity index is 668. The molecule has 1 aromatic carbocycles. The summed E-state index contributed by atoms with van der Waals surface area (Å²) in [6.45, 7) is 3.85. The molecule has 0 saturated heterocycles. The first kappa shape index (κ1) is 20.3. The average molecular weight is 375 g/mol. The van der Waals surface area contributed by atoms with Crippen LogP contribution in [-0.4, -0.2) is 52.2 Å². The molecular formula is C20H30N4OS. The molecule has 6 heteroatoms. The van der Waals surface area contributed by atoms with Gasteiger partial charge in [-0.3, -0.25) is 4.99 Å². The molecule has 0 amide bonds. The van der Waals surface area contributed by atoms with Crippen LogP contribution in [0.15, 0.2) is 46.8 Å². The lowest BCUT2D eigenvalue weighted by atomic mass is 10.1. The minimum Gasteiger partial charge on any atom is -0.497 e. The second kappa shape index (κ2) is 10.2. The Hall–Kier alpha value is -2.05. The summed E-state index contributed by atoms with van der Waals surface area (Å²) in [6.07, 6.45) is 0. The van der Waals surface area contributed by atoms with Crippen molar-refractivity contribution >= 4 is 17.3 Å². The first-order valence-corrected chi connectivity index (χ1v) is 9.71. The molecule has 5 nitrogen and oxygen atoms in total. The molecule has 2 rings (SSSR count). The van der Waals surface area contributed by atoms with Crippen LogP contribution in [0, 0.1) is 0 Å². The molecule has 0 saturated carbocycles. The maximum Gasteiger partial charge on any atom is 0.191 e. The van der Waals surface area contributed by atoms with E-state index in [1.807, 2.05) is 19.2 Å². The van der Waals surface area contributed by atoms with Crippen LogP contribution in [-0.2, 0) is 0 Å². The van der Waals surface area contributed by atoms with Gasteiger partial charge in [0.2, 0.25) is 0 Å². The molecular weight excluding hydrogens is 344 g/mol. The smallest absolute Gasteiger partial charge is 0.191 e. The quantitative estimate of drug-likeness (QED) is 0.550. The highest BCUT2D eigenvalue weighted by Crippen LogP contribution is 2.21. The van der Waals surface area contributed by atoms with Crippen LogP contribution in [0.1, 0.15) is 29.3 Å². The summed E-state index contributed by atoms with van der Waals surface area (Å²) in [5.74, 6) is 2.16. The molecule has 0 radical (unpaired) electrons. The Morgan fingerprint density at radius 1 is 1.15 bits per heavy atom. The SMILES string of the molecule is CN=C(NCC(C)c1cccs1)NCC(c1ccc(OC)cc1)N(C)C. The van der Waals surface area contributed by atoms with E-state index in [0.29, 0.717) is 5.92 Å². The number of ether oxygens (including phenoxy) is 1. The maximum absolute atomic E-state index is 5.25. The summed E-state index contributed by atoms with van der Waals surface area (Å²) in [4.78, 5) is 7.94. The minimum atomic E-state index is 0.245. The van der Waals surface area contributed by atoms with Gasteiger partial charge in [-0.2, -0.15) is 0 Å². The molecule has 0 aliphatic carbocycles. The second-order valence-electron chi connectivity index (χ2n) is 6.50. The minimum absolute atomic E-state index is 0.245. The Morgan fingerprint density at radius 2 is 1.85 bits per heavy atom. The van der Waals surface area contributed by atoms with Crippen molar-refractivity contribution in [3.8, 4) is 5.75 Å². The van der Waals surface area contributed by atoms with E-state index in [1.54, 1.807) is 18.4 Å². The largest absolute Gasteiger partial charge is 0.497 e. The summed E-state index contributed by atoms with van der Waals surface area (Å²) in [5, 5.41) is 9.00. The van der Waals surface area contributed by atoms with Gasteiger partial charge in [-0.05, 0) is 43.2 Å². The summed E-state index contributed by atoms with van der Waals surface area (Å²) in [6, 6.07) is 12.7. The summed E-state index contributed by atoms with van der Waals surface area (Å²) < 4.78 is 5.25. The van der Waals surface area contributed by atoms with Gasteiger partial charge < -0.3 is 20.3 Å². The van der Waals surface area contributed by atoms with Crippen molar-refractivity contribution in [2.75, 3.05) is 41.3 Å². The lowest BCUT2D eigenvalue weighted by Gasteiger charge is -2.26. The molecule has 26 heavy (non-hydrogen) atoms. The third kappa shape index (κ3) is 5.75. The molecule has 0 bridgehead atoms.